The molecule has 2 N–H and O–H groups in total. The monoisotopic (exact) mass is 319 g/mol. The van der Waals surface area contributed by atoms with Crippen molar-refractivity contribution in [3.63, 3.8) is 0 Å². The van der Waals surface area contributed by atoms with Gasteiger partial charge in [0.05, 0.1) is 24.9 Å². The lowest BCUT2D eigenvalue weighted by atomic mass is 10.1. The molecule has 1 aliphatic heterocycles. The number of hydrogen-bond acceptors (Lipinski definition) is 4. The van der Waals surface area contributed by atoms with E-state index in [1.165, 1.54) is 0 Å². The van der Waals surface area contributed by atoms with Crippen LogP contribution in [0.3, 0.4) is 0 Å². The lowest BCUT2D eigenvalue weighted by Crippen LogP contribution is -2.49. The molecule has 0 unspecified atom stereocenters. The van der Waals surface area contributed by atoms with Gasteiger partial charge in [0.2, 0.25) is 0 Å². The smallest absolute Gasteiger partial charge is 0.0928 e. The van der Waals surface area contributed by atoms with Crippen molar-refractivity contribution in [3.05, 3.63) is 33.8 Å². The average molecular weight is 320 g/mol. The van der Waals surface area contributed by atoms with Crippen LogP contribution in [0.5, 0.6) is 0 Å². The first-order chi connectivity index (χ1) is 9.61. The van der Waals surface area contributed by atoms with Crippen LogP contribution >= 0.6 is 23.2 Å². The molecule has 0 radical (unpaired) electrons. The number of benzene rings is 1. The molecule has 0 aliphatic carbocycles. The first-order valence-corrected chi connectivity index (χ1v) is 7.34. The highest BCUT2D eigenvalue weighted by Gasteiger charge is 2.26. The molecular weight excluding hydrogens is 301 g/mol. The van der Waals surface area contributed by atoms with Gasteiger partial charge in [-0.3, -0.25) is 0 Å². The van der Waals surface area contributed by atoms with Gasteiger partial charge >= 0.3 is 0 Å². The molecule has 0 saturated carbocycles. The summed E-state index contributed by atoms with van der Waals surface area (Å²) in [5, 5.41) is 14.5. The molecule has 4 nitrogen and oxygen atoms in total. The Bertz CT molecular complexity index is 444. The van der Waals surface area contributed by atoms with Crippen LogP contribution in [0.4, 0.5) is 0 Å². The molecule has 0 spiro atoms. The zero-order valence-electron chi connectivity index (χ0n) is 11.3. The van der Waals surface area contributed by atoms with E-state index in [0.29, 0.717) is 35.4 Å². The maximum absolute atomic E-state index is 10.2. The molecule has 0 amide bonds. The Balaban J connectivity index is 1.92. The Morgan fingerprint density at radius 2 is 2.30 bits per heavy atom. The third-order valence-electron chi connectivity index (χ3n) is 3.49. The van der Waals surface area contributed by atoms with Crippen molar-refractivity contribution in [1.82, 2.24) is 5.32 Å². The fourth-order valence-electron chi connectivity index (χ4n) is 2.34. The summed E-state index contributed by atoms with van der Waals surface area (Å²) in [6.07, 6.45) is 0.266. The largest absolute Gasteiger partial charge is 0.387 e. The van der Waals surface area contributed by atoms with Gasteiger partial charge in [0.1, 0.15) is 0 Å². The molecule has 6 heteroatoms. The molecule has 0 bridgehead atoms. The first kappa shape index (κ1) is 16.0. The quantitative estimate of drug-likeness (QED) is 0.875. The van der Waals surface area contributed by atoms with Crippen LogP contribution in [-0.4, -0.2) is 44.1 Å². The van der Waals surface area contributed by atoms with Crippen molar-refractivity contribution in [2.45, 2.75) is 24.7 Å². The van der Waals surface area contributed by atoms with E-state index in [4.69, 9.17) is 32.7 Å². The van der Waals surface area contributed by atoms with Crippen molar-refractivity contribution >= 4 is 23.2 Å². The molecule has 1 aromatic carbocycles. The Kier molecular flexibility index (Phi) is 6.08. The summed E-state index contributed by atoms with van der Waals surface area (Å²) in [6, 6.07) is 5.16. The molecule has 1 fully saturated rings. The minimum atomic E-state index is -0.695. The second-order valence-corrected chi connectivity index (χ2v) is 5.68. The fraction of sp³-hybridized carbons (Fsp3) is 0.571. The Labute approximate surface area is 129 Å². The third-order valence-corrected chi connectivity index (χ3v) is 4.05. The number of ether oxygens (including phenoxy) is 2. The number of aliphatic hydroxyl groups excluding tert-OH is 1. The normalized spacial score (nSPS) is 24.6. The summed E-state index contributed by atoms with van der Waals surface area (Å²) in [7, 11) is 1.69. The number of methoxy groups -OCH3 is 1. The van der Waals surface area contributed by atoms with E-state index in [2.05, 4.69) is 5.32 Å². The van der Waals surface area contributed by atoms with Crippen LogP contribution < -0.4 is 5.32 Å². The second-order valence-electron chi connectivity index (χ2n) is 4.83. The maximum atomic E-state index is 10.2. The molecule has 2 rings (SSSR count). The molecule has 1 saturated heterocycles. The van der Waals surface area contributed by atoms with Crippen LogP contribution in [0, 0.1) is 0 Å². The molecule has 1 aromatic rings. The minimum Gasteiger partial charge on any atom is -0.387 e. The molecular formula is C14H19Cl2NO3. The highest BCUT2D eigenvalue weighted by Crippen LogP contribution is 2.26. The number of aliphatic hydroxyl groups is 1. The highest BCUT2D eigenvalue weighted by molar-refractivity contribution is 6.35. The molecule has 1 heterocycles. The van der Waals surface area contributed by atoms with Crippen LogP contribution in [0.1, 0.15) is 18.1 Å². The van der Waals surface area contributed by atoms with Gasteiger partial charge in [-0.1, -0.05) is 29.3 Å². The van der Waals surface area contributed by atoms with E-state index in [9.17, 15) is 5.11 Å². The van der Waals surface area contributed by atoms with Crippen molar-refractivity contribution in [3.8, 4) is 0 Å². The molecule has 20 heavy (non-hydrogen) atoms. The van der Waals surface area contributed by atoms with Crippen molar-refractivity contribution < 1.29 is 14.6 Å². The maximum Gasteiger partial charge on any atom is 0.0928 e. The molecule has 3 atom stereocenters. The summed E-state index contributed by atoms with van der Waals surface area (Å²) < 4.78 is 10.8. The Hall–Kier alpha value is -0.360. The van der Waals surface area contributed by atoms with Crippen molar-refractivity contribution in [1.29, 1.82) is 0 Å². The second kappa shape index (κ2) is 7.59. The Morgan fingerprint density at radius 1 is 1.50 bits per heavy atom. The first-order valence-electron chi connectivity index (χ1n) is 6.58. The van der Waals surface area contributed by atoms with E-state index in [1.54, 1.807) is 25.3 Å². The standard InChI is InChI=1S/C14H19Cl2NO3/c1-19-14-4-5-20-8-12(14)17-7-13(18)10-3-2-9(15)6-11(10)16/h2-3,6,12-14,17-18H,4-5,7-8H2,1H3/t12-,13+,14-/m1/s1. The van der Waals surface area contributed by atoms with Gasteiger partial charge in [0, 0.05) is 35.9 Å². The van der Waals surface area contributed by atoms with Gasteiger partial charge in [-0.05, 0) is 18.6 Å². The van der Waals surface area contributed by atoms with Crippen LogP contribution in [0.2, 0.25) is 10.0 Å². The molecule has 0 aromatic heterocycles. The van der Waals surface area contributed by atoms with Gasteiger partial charge in [-0.15, -0.1) is 0 Å². The minimum absolute atomic E-state index is 0.0782. The average Bonchev–Trinajstić information content (AvgIpc) is 2.45. The molecule has 112 valence electrons. The lowest BCUT2D eigenvalue weighted by Gasteiger charge is -2.31. The lowest BCUT2D eigenvalue weighted by molar-refractivity contribution is -0.0394. The summed E-state index contributed by atoms with van der Waals surface area (Å²) >= 11 is 11.9. The van der Waals surface area contributed by atoms with Crippen LogP contribution in [0.25, 0.3) is 0 Å². The van der Waals surface area contributed by atoms with Gasteiger partial charge in [0.25, 0.3) is 0 Å². The summed E-state index contributed by atoms with van der Waals surface area (Å²) in [5.74, 6) is 0. The van der Waals surface area contributed by atoms with Crippen molar-refractivity contribution in [2.75, 3.05) is 26.9 Å². The predicted molar refractivity (Wildman–Crippen MR) is 79.4 cm³/mol. The summed E-state index contributed by atoms with van der Waals surface area (Å²) in [6.45, 7) is 1.68. The van der Waals surface area contributed by atoms with Crippen LogP contribution in [-0.2, 0) is 9.47 Å². The predicted octanol–water partition coefficient (Wildman–Crippen LogP) is 2.42. The number of nitrogens with one attached hydrogen (secondary N) is 1. The van der Waals surface area contributed by atoms with Gasteiger partial charge < -0.3 is 19.9 Å². The number of halogens is 2. The summed E-state index contributed by atoms with van der Waals surface area (Å²) in [5.41, 5.74) is 0.661. The van der Waals surface area contributed by atoms with Crippen molar-refractivity contribution in [2.24, 2.45) is 0 Å². The highest BCUT2D eigenvalue weighted by atomic mass is 35.5. The molecule has 1 aliphatic rings. The third kappa shape index (κ3) is 4.07. The van der Waals surface area contributed by atoms with Gasteiger partial charge in [-0.25, -0.2) is 0 Å². The van der Waals surface area contributed by atoms with E-state index in [0.717, 1.165) is 6.42 Å². The van der Waals surface area contributed by atoms with E-state index < -0.39 is 6.10 Å². The summed E-state index contributed by atoms with van der Waals surface area (Å²) in [4.78, 5) is 0. The van der Waals surface area contributed by atoms with E-state index >= 15 is 0 Å². The van der Waals surface area contributed by atoms with Crippen LogP contribution in [0.15, 0.2) is 18.2 Å². The van der Waals surface area contributed by atoms with E-state index in [1.807, 2.05) is 0 Å². The topological polar surface area (TPSA) is 50.7 Å². The SMILES string of the molecule is CO[C@@H]1CCOC[C@H]1NC[C@H](O)c1ccc(Cl)cc1Cl. The zero-order valence-corrected chi connectivity index (χ0v) is 12.8. The number of rotatable bonds is 5. The van der Waals surface area contributed by atoms with Gasteiger partial charge in [0.15, 0.2) is 0 Å². The fourth-order valence-corrected chi connectivity index (χ4v) is 2.87. The van der Waals surface area contributed by atoms with E-state index in [-0.39, 0.29) is 12.1 Å². The number of hydrogen-bond donors (Lipinski definition) is 2. The Morgan fingerprint density at radius 3 is 3.00 bits per heavy atom. The zero-order chi connectivity index (χ0) is 14.5. The van der Waals surface area contributed by atoms with Gasteiger partial charge in [-0.2, -0.15) is 0 Å².